The van der Waals surface area contributed by atoms with Crippen LogP contribution in [-0.4, -0.2) is 92.9 Å². The second-order valence-electron chi connectivity index (χ2n) is 6.89. The summed E-state index contributed by atoms with van der Waals surface area (Å²) in [6.45, 7) is 1.23. The number of nitrogens with zero attached hydrogens (tertiary/aromatic N) is 2. The van der Waals surface area contributed by atoms with E-state index in [1.54, 1.807) is 6.92 Å². The van der Waals surface area contributed by atoms with E-state index in [1.807, 2.05) is 0 Å². The molecule has 0 bridgehead atoms. The van der Waals surface area contributed by atoms with Gasteiger partial charge in [0.1, 0.15) is 18.1 Å². The fraction of sp³-hybridized carbons (Fsp3) is 0.500. The molecule has 2 fully saturated rings. The summed E-state index contributed by atoms with van der Waals surface area (Å²) in [6.07, 6.45) is -2.91. The number of amides is 3. The molecule has 3 rings (SSSR count). The predicted octanol–water partition coefficient (Wildman–Crippen LogP) is 0.374. The minimum atomic E-state index is -4.61. The van der Waals surface area contributed by atoms with Crippen LogP contribution in [0.3, 0.4) is 0 Å². The molecule has 2 aliphatic heterocycles. The number of non-ortho nitro benzene ring substituents is 1. The maximum absolute atomic E-state index is 12.1. The molecule has 3 amide bonds. The normalized spacial score (nSPS) is 27.8. The van der Waals surface area contributed by atoms with Gasteiger partial charge >= 0.3 is 13.9 Å². The molecule has 1 radical (unpaired) electrons. The van der Waals surface area contributed by atoms with Gasteiger partial charge in [-0.25, -0.2) is 9.36 Å². The van der Waals surface area contributed by atoms with Crippen molar-refractivity contribution in [3.05, 3.63) is 34.4 Å². The van der Waals surface area contributed by atoms with Crippen LogP contribution in [0.25, 0.3) is 0 Å². The maximum Gasteiger partial charge on any atom is 0.527 e. The van der Waals surface area contributed by atoms with Crippen LogP contribution in [0.1, 0.15) is 13.3 Å². The Morgan fingerprint density at radius 2 is 2.00 bits per heavy atom. The summed E-state index contributed by atoms with van der Waals surface area (Å²) in [5.74, 6) is -0.980. The monoisotopic (exact) mass is 468 g/mol. The molecule has 3 N–H and O–H groups in total. The van der Waals surface area contributed by atoms with Crippen molar-refractivity contribution in [2.75, 3.05) is 13.2 Å². The molecule has 2 unspecified atom stereocenters. The largest absolute Gasteiger partial charge is 0.527 e. The Morgan fingerprint density at radius 3 is 2.61 bits per heavy atom. The van der Waals surface area contributed by atoms with Crippen molar-refractivity contribution in [1.29, 1.82) is 0 Å². The molecule has 0 spiro atoms. The molecular formula is C16H20N3NaO10P. The Kier molecular flexibility index (Phi) is 8.59. The Labute approximate surface area is 198 Å². The zero-order chi connectivity index (χ0) is 22.1. The Hall–Kier alpha value is -1.57. The van der Waals surface area contributed by atoms with Crippen molar-refractivity contribution in [3.8, 4) is 5.75 Å². The van der Waals surface area contributed by atoms with E-state index in [1.165, 1.54) is 4.90 Å². The van der Waals surface area contributed by atoms with E-state index in [0.717, 1.165) is 24.3 Å². The number of benzene rings is 1. The van der Waals surface area contributed by atoms with Crippen LogP contribution < -0.4 is 9.84 Å². The van der Waals surface area contributed by atoms with Crippen LogP contribution in [0.4, 0.5) is 10.5 Å². The number of nitro benzene ring substituents is 1. The average Bonchev–Trinajstić information content (AvgIpc) is 3.03. The summed E-state index contributed by atoms with van der Waals surface area (Å²) >= 11 is 0. The van der Waals surface area contributed by atoms with Gasteiger partial charge in [0.15, 0.2) is 0 Å². The minimum Gasteiger partial charge on any atom is -0.404 e. The molecule has 2 heterocycles. The zero-order valence-electron chi connectivity index (χ0n) is 16.7. The van der Waals surface area contributed by atoms with Crippen molar-refractivity contribution in [3.63, 3.8) is 0 Å². The summed E-state index contributed by atoms with van der Waals surface area (Å²) in [4.78, 5) is 44.6. The van der Waals surface area contributed by atoms with E-state index in [0.29, 0.717) is 0 Å². The number of imide groups is 1. The molecule has 15 heteroatoms. The number of hydrogen-bond donors (Lipinski definition) is 3. The van der Waals surface area contributed by atoms with Gasteiger partial charge in [0.25, 0.3) is 5.69 Å². The van der Waals surface area contributed by atoms with Gasteiger partial charge in [-0.15, -0.1) is 0 Å². The standard InChI is InChI=1S/C16H20N3O10P.Na/c1-9-7-18(16(22)17-15(9)21)14-6-12(20)13(28-14)8-27-30(25,26)29-11-4-2-10(3-5-11)19(23)24;/h2-5,9,12-14,20H,6-8H2,1H3,(H,25,26)(H,17,21,22);/t9?,12-,13+,14+;/m0./s1. The van der Waals surface area contributed by atoms with Gasteiger partial charge in [-0.1, -0.05) is 6.92 Å². The van der Waals surface area contributed by atoms with E-state index in [2.05, 4.69) is 5.32 Å². The third-order valence-electron chi connectivity index (χ3n) is 4.63. The Morgan fingerprint density at radius 1 is 1.35 bits per heavy atom. The van der Waals surface area contributed by atoms with Crippen molar-refractivity contribution < 1.29 is 42.9 Å². The van der Waals surface area contributed by atoms with Crippen LogP contribution in [0, 0.1) is 16.0 Å². The minimum absolute atomic E-state index is 0. The van der Waals surface area contributed by atoms with Crippen molar-refractivity contribution in [1.82, 2.24) is 10.2 Å². The number of nitrogens with one attached hydrogen (secondary N) is 1. The molecule has 13 nitrogen and oxygen atoms in total. The van der Waals surface area contributed by atoms with E-state index >= 15 is 0 Å². The number of aliphatic hydroxyl groups is 1. The first kappa shape index (κ1) is 25.7. The number of hydrogen-bond acceptors (Lipinski definition) is 9. The molecule has 0 aliphatic carbocycles. The molecule has 0 saturated carbocycles. The topological polar surface area (TPSA) is 178 Å². The van der Waals surface area contributed by atoms with E-state index in [4.69, 9.17) is 13.8 Å². The molecule has 1 aromatic rings. The first-order valence-corrected chi connectivity index (χ1v) is 10.4. The molecule has 1 aromatic carbocycles. The van der Waals surface area contributed by atoms with Crippen molar-refractivity contribution in [2.24, 2.45) is 5.92 Å². The summed E-state index contributed by atoms with van der Waals surface area (Å²) in [5.41, 5.74) is -0.220. The number of urea groups is 1. The summed E-state index contributed by atoms with van der Waals surface area (Å²) < 4.78 is 27.4. The molecule has 165 valence electrons. The number of phosphoric ester groups is 1. The van der Waals surface area contributed by atoms with Gasteiger partial charge < -0.3 is 14.4 Å². The van der Waals surface area contributed by atoms with Crippen LogP contribution in [0.2, 0.25) is 0 Å². The van der Waals surface area contributed by atoms with Crippen molar-refractivity contribution in [2.45, 2.75) is 31.8 Å². The Balaban J connectivity index is 0.00000341. The predicted molar refractivity (Wildman–Crippen MR) is 104 cm³/mol. The van der Waals surface area contributed by atoms with E-state index in [-0.39, 0.29) is 54.0 Å². The first-order valence-electron chi connectivity index (χ1n) is 8.92. The van der Waals surface area contributed by atoms with Gasteiger partial charge in [-0.3, -0.25) is 34.5 Å². The summed E-state index contributed by atoms with van der Waals surface area (Å²) in [7, 11) is -4.61. The van der Waals surface area contributed by atoms with Gasteiger partial charge in [0.2, 0.25) is 5.91 Å². The second-order valence-corrected chi connectivity index (χ2v) is 8.26. The third kappa shape index (κ3) is 6.46. The van der Waals surface area contributed by atoms with Gasteiger partial charge in [-0.05, 0) is 12.1 Å². The molecule has 2 saturated heterocycles. The van der Waals surface area contributed by atoms with Gasteiger partial charge in [0, 0.05) is 54.7 Å². The number of carbonyl (C=O) groups excluding carboxylic acids is 2. The summed E-state index contributed by atoms with van der Waals surface area (Å²) in [5, 5.41) is 23.0. The second kappa shape index (κ2) is 10.4. The van der Waals surface area contributed by atoms with E-state index < -0.39 is 55.6 Å². The van der Waals surface area contributed by atoms with Gasteiger partial charge in [0.05, 0.1) is 23.6 Å². The number of nitro groups is 1. The molecule has 2 aliphatic rings. The molecule has 31 heavy (non-hydrogen) atoms. The molecule has 0 aromatic heterocycles. The van der Waals surface area contributed by atoms with Gasteiger partial charge in [-0.2, -0.15) is 0 Å². The average molecular weight is 468 g/mol. The third-order valence-corrected chi connectivity index (χ3v) is 5.55. The zero-order valence-corrected chi connectivity index (χ0v) is 19.6. The number of carbonyl (C=O) groups is 2. The SMILES string of the molecule is CC1CN([C@H]2C[C@H](O)[C@@H](COP(=O)(O)Oc3ccc([N+](=O)[O-])cc3)O2)C(=O)NC1=O.[Na]. The first-order chi connectivity index (χ1) is 14.1. The van der Waals surface area contributed by atoms with Crippen LogP contribution in [-0.2, 0) is 18.6 Å². The van der Waals surface area contributed by atoms with Crippen LogP contribution in [0.15, 0.2) is 24.3 Å². The molecule has 5 atom stereocenters. The number of aliphatic hydroxyl groups excluding tert-OH is 1. The fourth-order valence-electron chi connectivity index (χ4n) is 3.02. The summed E-state index contributed by atoms with van der Waals surface area (Å²) in [6, 6.07) is 3.82. The van der Waals surface area contributed by atoms with E-state index in [9.17, 15) is 34.3 Å². The molecular weight excluding hydrogens is 448 g/mol. The van der Waals surface area contributed by atoms with Crippen LogP contribution in [0.5, 0.6) is 5.75 Å². The quantitative estimate of drug-likeness (QED) is 0.219. The number of ether oxygens (including phenoxy) is 1. The smallest absolute Gasteiger partial charge is 0.404 e. The number of rotatable bonds is 7. The van der Waals surface area contributed by atoms with Crippen molar-refractivity contribution >= 4 is 55.0 Å². The fourth-order valence-corrected chi connectivity index (χ4v) is 3.80. The maximum atomic E-state index is 12.1. The number of phosphoric acid groups is 1. The Bertz CT molecular complexity index is 885. The van der Waals surface area contributed by atoms with Crippen LogP contribution >= 0.6 is 7.82 Å².